The number of aromatic nitrogens is 5. The summed E-state index contributed by atoms with van der Waals surface area (Å²) in [6.45, 7) is -0.0315. The molecule has 0 radical (unpaired) electrons. The van der Waals surface area contributed by atoms with Crippen molar-refractivity contribution >= 4 is 43.6 Å². The fourth-order valence-corrected chi connectivity index (χ4v) is 6.01. The predicted octanol–water partition coefficient (Wildman–Crippen LogP) is 6.20. The lowest BCUT2D eigenvalue weighted by Crippen LogP contribution is -2.21. The number of carbonyl (C=O) groups is 1. The zero-order valence-corrected chi connectivity index (χ0v) is 25.9. The summed E-state index contributed by atoms with van der Waals surface area (Å²) in [5, 5.41) is 12.2. The van der Waals surface area contributed by atoms with Crippen molar-refractivity contribution in [2.24, 2.45) is 0 Å². The third-order valence-electron chi connectivity index (χ3n) is 7.72. The zero-order chi connectivity index (χ0) is 32.5. The van der Waals surface area contributed by atoms with Crippen LogP contribution in [0.25, 0.3) is 55.6 Å². The van der Waals surface area contributed by atoms with Crippen molar-refractivity contribution in [3.8, 4) is 33.6 Å². The number of halogens is 1. The number of H-pyrrole nitrogens is 2. The number of nitrogens with zero attached hydrogens (tertiary/aromatic N) is 3. The Hall–Kier alpha value is -5.72. The Balaban J connectivity index is 1.20. The summed E-state index contributed by atoms with van der Waals surface area (Å²) in [6, 6.07) is 25.5. The molecule has 3 aromatic carbocycles. The molecule has 4 N–H and O–H groups in total. The summed E-state index contributed by atoms with van der Waals surface area (Å²) >= 11 is 0. The molecule has 12 heteroatoms. The van der Waals surface area contributed by atoms with Gasteiger partial charge in [-0.15, -0.1) is 0 Å². The van der Waals surface area contributed by atoms with Crippen LogP contribution < -0.4 is 10.0 Å². The van der Waals surface area contributed by atoms with Crippen molar-refractivity contribution in [2.45, 2.75) is 13.0 Å². The van der Waals surface area contributed by atoms with Gasteiger partial charge in [-0.25, -0.2) is 22.5 Å². The van der Waals surface area contributed by atoms with E-state index in [9.17, 15) is 17.6 Å². The van der Waals surface area contributed by atoms with Gasteiger partial charge in [-0.2, -0.15) is 5.10 Å². The molecule has 0 aliphatic rings. The number of carbonyl (C=O) groups excluding carboxylic acids is 1. The standard InChI is InChI=1S/C35H28FN7O3S/c1-47(45,46)39-18-22-11-24(14-26(36)12-22)28-9-10-38-35-29(28)17-32(41-35)34-30-16-23(7-8-31(30)42-43-34)25-15-27(20-37-19-25)40-33(44)13-21-5-3-2-4-6-21/h2-12,14-17,19-20,39H,13,18H2,1H3,(H,38,41)(H,40,44)(H,42,43). The van der Waals surface area contributed by atoms with Gasteiger partial charge in [0, 0.05) is 35.3 Å². The van der Waals surface area contributed by atoms with Gasteiger partial charge in [-0.3, -0.25) is 14.9 Å². The lowest BCUT2D eigenvalue weighted by Gasteiger charge is -2.08. The Morgan fingerprint density at radius 3 is 2.55 bits per heavy atom. The van der Waals surface area contributed by atoms with Crippen LogP contribution in [0.5, 0.6) is 0 Å². The number of hydrogen-bond acceptors (Lipinski definition) is 6. The molecule has 0 spiro atoms. The van der Waals surface area contributed by atoms with Crippen LogP contribution in [0, 0.1) is 5.82 Å². The van der Waals surface area contributed by atoms with E-state index in [0.29, 0.717) is 33.8 Å². The molecule has 0 fully saturated rings. The lowest BCUT2D eigenvalue weighted by molar-refractivity contribution is -0.115. The first-order valence-electron chi connectivity index (χ1n) is 14.7. The molecule has 7 aromatic rings. The molecule has 1 amide bonds. The van der Waals surface area contributed by atoms with E-state index in [1.54, 1.807) is 30.7 Å². The monoisotopic (exact) mass is 645 g/mol. The maximum atomic E-state index is 14.7. The molecule has 4 heterocycles. The second kappa shape index (κ2) is 12.2. The summed E-state index contributed by atoms with van der Waals surface area (Å²) in [4.78, 5) is 24.9. The molecule has 234 valence electrons. The van der Waals surface area contributed by atoms with E-state index in [0.717, 1.165) is 44.8 Å². The van der Waals surface area contributed by atoms with E-state index in [4.69, 9.17) is 0 Å². The number of sulfonamides is 1. The minimum atomic E-state index is -3.44. The number of amides is 1. The number of nitrogens with one attached hydrogen (secondary N) is 4. The first-order valence-corrected chi connectivity index (χ1v) is 16.6. The van der Waals surface area contributed by atoms with Gasteiger partial charge in [-0.1, -0.05) is 36.4 Å². The number of hydrogen-bond donors (Lipinski definition) is 4. The Labute approximate surface area is 269 Å². The molecular weight excluding hydrogens is 617 g/mol. The topological polar surface area (TPSA) is 146 Å². The van der Waals surface area contributed by atoms with Gasteiger partial charge in [0.05, 0.1) is 35.8 Å². The molecule has 0 saturated carbocycles. The molecule has 10 nitrogen and oxygen atoms in total. The van der Waals surface area contributed by atoms with E-state index >= 15 is 0 Å². The van der Waals surface area contributed by atoms with Crippen LogP contribution in [-0.2, 0) is 27.8 Å². The maximum absolute atomic E-state index is 14.7. The highest BCUT2D eigenvalue weighted by atomic mass is 32.2. The Morgan fingerprint density at radius 1 is 0.872 bits per heavy atom. The lowest BCUT2D eigenvalue weighted by atomic mass is 10.0. The van der Waals surface area contributed by atoms with Gasteiger partial charge in [0.1, 0.15) is 17.2 Å². The molecule has 7 rings (SSSR count). The van der Waals surface area contributed by atoms with Gasteiger partial charge in [0.2, 0.25) is 15.9 Å². The smallest absolute Gasteiger partial charge is 0.228 e. The van der Waals surface area contributed by atoms with Crippen LogP contribution in [0.3, 0.4) is 0 Å². The van der Waals surface area contributed by atoms with Crippen molar-refractivity contribution in [2.75, 3.05) is 11.6 Å². The Kier molecular flexibility index (Phi) is 7.80. The fraction of sp³-hybridized carbons (Fsp3) is 0.0857. The van der Waals surface area contributed by atoms with Crippen LogP contribution in [0.2, 0.25) is 0 Å². The Morgan fingerprint density at radius 2 is 1.72 bits per heavy atom. The van der Waals surface area contributed by atoms with E-state index < -0.39 is 15.8 Å². The molecule has 47 heavy (non-hydrogen) atoms. The molecular formula is C35H28FN7O3S. The zero-order valence-electron chi connectivity index (χ0n) is 25.1. The highest BCUT2D eigenvalue weighted by molar-refractivity contribution is 7.88. The van der Waals surface area contributed by atoms with Crippen molar-refractivity contribution in [3.05, 3.63) is 120 Å². The van der Waals surface area contributed by atoms with Crippen LogP contribution in [-0.4, -0.2) is 45.7 Å². The van der Waals surface area contributed by atoms with Crippen LogP contribution in [0.1, 0.15) is 11.1 Å². The first kappa shape index (κ1) is 30.0. The molecule has 0 aliphatic heterocycles. The third-order valence-corrected chi connectivity index (χ3v) is 8.39. The number of benzene rings is 3. The third kappa shape index (κ3) is 6.64. The molecule has 0 saturated heterocycles. The average Bonchev–Trinajstić information content (AvgIpc) is 3.68. The second-order valence-electron chi connectivity index (χ2n) is 11.3. The fourth-order valence-electron chi connectivity index (χ4n) is 5.58. The summed E-state index contributed by atoms with van der Waals surface area (Å²) in [5.41, 5.74) is 7.83. The first-order chi connectivity index (χ1) is 22.7. The summed E-state index contributed by atoms with van der Waals surface area (Å²) < 4.78 is 40.3. The normalized spacial score (nSPS) is 11.7. The van der Waals surface area contributed by atoms with Crippen molar-refractivity contribution in [1.82, 2.24) is 29.9 Å². The number of rotatable bonds is 9. The van der Waals surface area contributed by atoms with Crippen LogP contribution >= 0.6 is 0 Å². The van der Waals surface area contributed by atoms with Crippen LogP contribution in [0.15, 0.2) is 104 Å². The van der Waals surface area contributed by atoms with E-state index in [1.165, 1.54) is 12.1 Å². The quantitative estimate of drug-likeness (QED) is 0.147. The van der Waals surface area contributed by atoms with E-state index in [-0.39, 0.29) is 18.9 Å². The van der Waals surface area contributed by atoms with Crippen molar-refractivity contribution < 1.29 is 17.6 Å². The molecule has 0 bridgehead atoms. The predicted molar refractivity (Wildman–Crippen MR) is 180 cm³/mol. The summed E-state index contributed by atoms with van der Waals surface area (Å²) in [5.74, 6) is -0.608. The van der Waals surface area contributed by atoms with Gasteiger partial charge < -0.3 is 10.3 Å². The van der Waals surface area contributed by atoms with E-state index in [1.807, 2.05) is 60.7 Å². The number of fused-ring (bicyclic) bond motifs is 2. The van der Waals surface area contributed by atoms with Gasteiger partial charge in [0.25, 0.3) is 0 Å². The summed E-state index contributed by atoms with van der Waals surface area (Å²) in [7, 11) is -3.44. The second-order valence-corrected chi connectivity index (χ2v) is 13.1. The largest absolute Gasteiger partial charge is 0.338 e. The minimum Gasteiger partial charge on any atom is -0.338 e. The highest BCUT2D eigenvalue weighted by Gasteiger charge is 2.16. The van der Waals surface area contributed by atoms with Gasteiger partial charge in [0.15, 0.2) is 0 Å². The molecule has 0 atom stereocenters. The SMILES string of the molecule is CS(=O)(=O)NCc1cc(F)cc(-c2ccnc3[nH]c(-c4n[nH]c5ccc(-c6cncc(NC(=O)Cc7ccccc7)c6)cc45)cc23)c1. The molecule has 0 unspecified atom stereocenters. The molecule has 0 aliphatic carbocycles. The van der Waals surface area contributed by atoms with Gasteiger partial charge in [-0.05, 0) is 76.3 Å². The van der Waals surface area contributed by atoms with Crippen molar-refractivity contribution in [3.63, 3.8) is 0 Å². The average molecular weight is 646 g/mol. The molecule has 4 aromatic heterocycles. The van der Waals surface area contributed by atoms with Crippen LogP contribution in [0.4, 0.5) is 10.1 Å². The summed E-state index contributed by atoms with van der Waals surface area (Å²) in [6.07, 6.45) is 6.32. The number of anilines is 1. The number of pyridine rings is 2. The maximum Gasteiger partial charge on any atom is 0.228 e. The van der Waals surface area contributed by atoms with Crippen molar-refractivity contribution in [1.29, 1.82) is 0 Å². The minimum absolute atomic E-state index is 0.0315. The van der Waals surface area contributed by atoms with Gasteiger partial charge >= 0.3 is 0 Å². The highest BCUT2D eigenvalue weighted by Crippen LogP contribution is 2.35. The van der Waals surface area contributed by atoms with E-state index in [2.05, 4.69) is 35.2 Å². The number of aromatic amines is 2. The Bertz CT molecular complexity index is 2390.